The van der Waals surface area contributed by atoms with Crippen LogP contribution in [0.25, 0.3) is 0 Å². The second-order valence-electron chi connectivity index (χ2n) is 13.2. The molecule has 0 aliphatic heterocycles. The van der Waals surface area contributed by atoms with E-state index in [0.29, 0.717) is 35.5 Å². The van der Waals surface area contributed by atoms with Crippen LogP contribution >= 0.6 is 0 Å². The van der Waals surface area contributed by atoms with E-state index in [1.807, 2.05) is 13.8 Å². The molecule has 4 heteroatoms. The summed E-state index contributed by atoms with van der Waals surface area (Å²) in [6.07, 6.45) is 8.73. The number of hydrogen-bond acceptors (Lipinski definition) is 4. The van der Waals surface area contributed by atoms with Crippen molar-refractivity contribution in [2.75, 3.05) is 0 Å². The summed E-state index contributed by atoms with van der Waals surface area (Å²) >= 11 is 0. The second kappa shape index (κ2) is 8.25. The second-order valence-corrected chi connectivity index (χ2v) is 13.2. The molecule has 4 rings (SSSR count). The van der Waals surface area contributed by atoms with Gasteiger partial charge >= 0.3 is 0 Å². The first-order valence-corrected chi connectivity index (χ1v) is 13.1. The molecule has 31 heavy (non-hydrogen) atoms. The van der Waals surface area contributed by atoms with Crippen LogP contribution < -0.4 is 0 Å². The van der Waals surface area contributed by atoms with Gasteiger partial charge in [0.2, 0.25) is 0 Å². The third-order valence-electron chi connectivity index (χ3n) is 11.0. The zero-order valence-corrected chi connectivity index (χ0v) is 20.6. The molecule has 0 spiro atoms. The maximum absolute atomic E-state index is 11.6. The summed E-state index contributed by atoms with van der Waals surface area (Å²) in [7, 11) is 0. The van der Waals surface area contributed by atoms with Gasteiger partial charge in [0.1, 0.15) is 0 Å². The van der Waals surface area contributed by atoms with E-state index in [2.05, 4.69) is 20.8 Å². The van der Waals surface area contributed by atoms with Crippen LogP contribution in [0.5, 0.6) is 0 Å². The fraction of sp³-hybridized carbons (Fsp3) is 1.00. The fourth-order valence-electron chi connectivity index (χ4n) is 9.19. The molecule has 0 radical (unpaired) electrons. The monoisotopic (exact) mass is 436 g/mol. The van der Waals surface area contributed by atoms with Gasteiger partial charge in [-0.1, -0.05) is 33.6 Å². The smallest absolute Gasteiger partial charge is 0.0602 e. The molecule has 0 aromatic rings. The average Bonchev–Trinajstić information content (AvgIpc) is 3.01. The van der Waals surface area contributed by atoms with Crippen molar-refractivity contribution in [1.82, 2.24) is 0 Å². The molecule has 0 unspecified atom stereocenters. The van der Waals surface area contributed by atoms with Crippen LogP contribution in [0.15, 0.2) is 0 Å². The van der Waals surface area contributed by atoms with Gasteiger partial charge in [-0.3, -0.25) is 0 Å². The van der Waals surface area contributed by atoms with Gasteiger partial charge in [0, 0.05) is 0 Å². The lowest BCUT2D eigenvalue weighted by molar-refractivity contribution is -0.207. The van der Waals surface area contributed by atoms with E-state index < -0.39 is 5.60 Å². The molecule has 0 bridgehead atoms. The van der Waals surface area contributed by atoms with Crippen LogP contribution in [0, 0.1) is 46.3 Å². The Balaban J connectivity index is 1.54. The highest BCUT2D eigenvalue weighted by atomic mass is 16.3. The lowest BCUT2D eigenvalue weighted by Crippen LogP contribution is -2.62. The lowest BCUT2D eigenvalue weighted by atomic mass is 9.43. The van der Waals surface area contributed by atoms with Gasteiger partial charge in [-0.25, -0.2) is 0 Å². The molecule has 4 N–H and O–H groups in total. The normalized spacial score (nSPS) is 51.0. The van der Waals surface area contributed by atoms with Crippen LogP contribution in [-0.4, -0.2) is 44.3 Å². The zero-order chi connectivity index (χ0) is 22.8. The number of aliphatic hydroxyl groups excluding tert-OH is 3. The lowest BCUT2D eigenvalue weighted by Gasteiger charge is -2.63. The quantitative estimate of drug-likeness (QED) is 0.511. The van der Waals surface area contributed by atoms with Crippen LogP contribution in [-0.2, 0) is 0 Å². The molecule has 4 saturated carbocycles. The van der Waals surface area contributed by atoms with E-state index >= 15 is 0 Å². The summed E-state index contributed by atoms with van der Waals surface area (Å²) in [5.74, 6) is 2.44. The number of aliphatic hydroxyl groups is 4. The van der Waals surface area contributed by atoms with E-state index in [4.69, 9.17) is 0 Å². The van der Waals surface area contributed by atoms with Crippen LogP contribution in [0.4, 0.5) is 0 Å². The van der Waals surface area contributed by atoms with Crippen molar-refractivity contribution in [2.24, 2.45) is 46.3 Å². The average molecular weight is 437 g/mol. The summed E-state index contributed by atoms with van der Waals surface area (Å²) in [5, 5.41) is 43.3. The molecule has 0 aromatic carbocycles. The largest absolute Gasteiger partial charge is 0.393 e. The van der Waals surface area contributed by atoms with Crippen LogP contribution in [0.1, 0.15) is 98.8 Å². The Morgan fingerprint density at radius 2 is 1.68 bits per heavy atom. The Morgan fingerprint density at radius 3 is 2.35 bits per heavy atom. The van der Waals surface area contributed by atoms with Crippen LogP contribution in [0.3, 0.4) is 0 Å². The third kappa shape index (κ3) is 4.02. The summed E-state index contributed by atoms with van der Waals surface area (Å²) in [5.41, 5.74) is -0.583. The zero-order valence-electron chi connectivity index (χ0n) is 20.6. The summed E-state index contributed by atoms with van der Waals surface area (Å²) in [4.78, 5) is 0. The number of fused-ring (bicyclic) bond motifs is 5. The topological polar surface area (TPSA) is 80.9 Å². The van der Waals surface area contributed by atoms with Crippen molar-refractivity contribution in [3.8, 4) is 0 Å². The standard InChI is InChI=1S/C27H48O4/c1-16(7-6-11-25(2,3)31)19-8-9-20-24-21(15-23(30)27(19,20)5)26(4)12-10-18(28)13-17(26)14-22(24)29/h16-24,28-31H,6-15H2,1-5H3/t16-,17+,18-,19+,20-,21-,22+,23-,24-,26-,27+/m0/s1. The highest BCUT2D eigenvalue weighted by Crippen LogP contribution is 2.68. The molecule has 4 aliphatic carbocycles. The molecule has 11 atom stereocenters. The molecular formula is C27H48O4. The van der Waals surface area contributed by atoms with Crippen molar-refractivity contribution in [1.29, 1.82) is 0 Å². The van der Waals surface area contributed by atoms with Crippen molar-refractivity contribution in [3.05, 3.63) is 0 Å². The van der Waals surface area contributed by atoms with E-state index in [-0.39, 0.29) is 29.1 Å². The highest BCUT2D eigenvalue weighted by Gasteiger charge is 2.65. The SMILES string of the molecule is C[C@@H](CCCC(C)(C)O)[C@H]1CC[C@H]2[C@@H]3[C@H](O)C[C@H]4C[C@@H](O)CC[C@]4(C)[C@H]3C[C@H](O)[C@]12C. The Bertz CT molecular complexity index is 644. The van der Waals surface area contributed by atoms with Crippen LogP contribution in [0.2, 0.25) is 0 Å². The summed E-state index contributed by atoms with van der Waals surface area (Å²) < 4.78 is 0. The molecule has 0 heterocycles. The minimum Gasteiger partial charge on any atom is -0.393 e. The van der Waals surface area contributed by atoms with Gasteiger partial charge < -0.3 is 20.4 Å². The molecule has 0 amide bonds. The van der Waals surface area contributed by atoms with Crippen molar-refractivity contribution in [3.63, 3.8) is 0 Å². The first-order valence-electron chi connectivity index (χ1n) is 13.1. The van der Waals surface area contributed by atoms with Gasteiger partial charge in [0.15, 0.2) is 0 Å². The van der Waals surface area contributed by atoms with Gasteiger partial charge in [0.25, 0.3) is 0 Å². The van der Waals surface area contributed by atoms with Gasteiger partial charge in [-0.15, -0.1) is 0 Å². The van der Waals surface area contributed by atoms with Crippen molar-refractivity contribution < 1.29 is 20.4 Å². The Labute approximate surface area is 189 Å². The molecule has 0 aromatic heterocycles. The molecule has 0 saturated heterocycles. The predicted octanol–water partition coefficient (Wildman–Crippen LogP) is 4.53. The number of hydrogen-bond donors (Lipinski definition) is 4. The molecule has 4 aliphatic rings. The van der Waals surface area contributed by atoms with E-state index in [1.54, 1.807) is 0 Å². The first kappa shape index (κ1) is 24.0. The molecular weight excluding hydrogens is 388 g/mol. The van der Waals surface area contributed by atoms with Gasteiger partial charge in [-0.2, -0.15) is 0 Å². The minimum atomic E-state index is -0.606. The number of rotatable bonds is 5. The van der Waals surface area contributed by atoms with Gasteiger partial charge in [0.05, 0.1) is 23.9 Å². The summed E-state index contributed by atoms with van der Waals surface area (Å²) in [6.45, 7) is 10.8. The fourth-order valence-corrected chi connectivity index (χ4v) is 9.19. The van der Waals surface area contributed by atoms with E-state index in [9.17, 15) is 20.4 Å². The van der Waals surface area contributed by atoms with Crippen molar-refractivity contribution in [2.45, 2.75) is 123 Å². The summed E-state index contributed by atoms with van der Waals surface area (Å²) in [6, 6.07) is 0. The maximum atomic E-state index is 11.6. The van der Waals surface area contributed by atoms with Crippen molar-refractivity contribution >= 4 is 0 Å². The highest BCUT2D eigenvalue weighted by molar-refractivity contribution is 5.14. The first-order chi connectivity index (χ1) is 14.4. The van der Waals surface area contributed by atoms with E-state index in [1.165, 1.54) is 0 Å². The minimum absolute atomic E-state index is 0.117. The molecule has 4 nitrogen and oxygen atoms in total. The van der Waals surface area contributed by atoms with E-state index in [0.717, 1.165) is 64.2 Å². The predicted molar refractivity (Wildman–Crippen MR) is 123 cm³/mol. The maximum Gasteiger partial charge on any atom is 0.0602 e. The van der Waals surface area contributed by atoms with Gasteiger partial charge in [-0.05, 0) is 112 Å². The third-order valence-corrected chi connectivity index (χ3v) is 11.0. The Hall–Kier alpha value is -0.160. The Morgan fingerprint density at radius 1 is 0.968 bits per heavy atom. The molecule has 4 fully saturated rings. The molecule has 180 valence electrons. The Kier molecular flexibility index (Phi) is 6.38.